The molecular formula is C16H26N2O4. The smallest absolute Gasteiger partial charge is 0.412 e. The third-order valence-corrected chi connectivity index (χ3v) is 3.31. The number of methoxy groups -OCH3 is 1. The molecule has 1 atom stereocenters. The molecule has 4 N–H and O–H groups in total. The third kappa shape index (κ3) is 4.61. The van der Waals surface area contributed by atoms with Gasteiger partial charge in [0.05, 0.1) is 13.7 Å². The summed E-state index contributed by atoms with van der Waals surface area (Å²) in [5, 5.41) is 12.4. The van der Waals surface area contributed by atoms with Crippen LogP contribution in [0.1, 0.15) is 33.3 Å². The van der Waals surface area contributed by atoms with Crippen LogP contribution in [-0.4, -0.2) is 37.1 Å². The summed E-state index contributed by atoms with van der Waals surface area (Å²) in [6, 6.07) is 5.20. The molecule has 0 aromatic heterocycles. The Balaban J connectivity index is 3.16. The lowest BCUT2D eigenvalue weighted by molar-refractivity contribution is 0.0635. The fourth-order valence-corrected chi connectivity index (χ4v) is 1.93. The van der Waals surface area contributed by atoms with E-state index in [9.17, 15) is 9.90 Å². The predicted molar refractivity (Wildman–Crippen MR) is 86.3 cm³/mol. The second-order valence-corrected chi connectivity index (χ2v) is 6.46. The number of anilines is 1. The highest BCUT2D eigenvalue weighted by atomic mass is 16.6. The van der Waals surface area contributed by atoms with Crippen LogP contribution < -0.4 is 15.8 Å². The second-order valence-electron chi connectivity index (χ2n) is 6.46. The number of nitrogens with two attached hydrogens (primary N) is 1. The predicted octanol–water partition coefficient (Wildman–Crippen LogP) is 2.25. The van der Waals surface area contributed by atoms with E-state index in [1.165, 1.54) is 0 Å². The molecule has 0 aliphatic rings. The van der Waals surface area contributed by atoms with Gasteiger partial charge in [0, 0.05) is 17.6 Å². The van der Waals surface area contributed by atoms with Gasteiger partial charge in [-0.2, -0.15) is 0 Å². The van der Waals surface area contributed by atoms with Crippen molar-refractivity contribution in [2.75, 3.05) is 25.6 Å². The van der Waals surface area contributed by atoms with Crippen LogP contribution in [0.25, 0.3) is 0 Å². The first-order valence-corrected chi connectivity index (χ1v) is 7.14. The minimum atomic E-state index is -0.696. The molecule has 22 heavy (non-hydrogen) atoms. The molecule has 0 aliphatic carbocycles. The number of rotatable bonds is 5. The summed E-state index contributed by atoms with van der Waals surface area (Å²) in [7, 11) is 1.55. The molecule has 1 aromatic rings. The number of nitrogens with one attached hydrogen (secondary N) is 1. The summed E-state index contributed by atoms with van der Waals surface area (Å²) in [6.45, 7) is 7.26. The first-order valence-electron chi connectivity index (χ1n) is 7.14. The molecule has 0 heterocycles. The molecule has 1 rings (SSSR count). The molecule has 6 nitrogen and oxygen atoms in total. The van der Waals surface area contributed by atoms with Gasteiger partial charge in [-0.05, 0) is 44.5 Å². The molecule has 124 valence electrons. The van der Waals surface area contributed by atoms with Gasteiger partial charge in [-0.3, -0.25) is 5.32 Å². The number of ether oxygens (including phenoxy) is 2. The van der Waals surface area contributed by atoms with Crippen LogP contribution in [0.15, 0.2) is 18.2 Å². The van der Waals surface area contributed by atoms with Gasteiger partial charge >= 0.3 is 6.09 Å². The second kappa shape index (κ2) is 6.98. The molecule has 0 bridgehead atoms. The van der Waals surface area contributed by atoms with Gasteiger partial charge in [0.25, 0.3) is 0 Å². The summed E-state index contributed by atoms with van der Waals surface area (Å²) in [6.07, 6.45) is -0.559. The van der Waals surface area contributed by atoms with Crippen molar-refractivity contribution in [1.82, 2.24) is 0 Å². The highest BCUT2D eigenvalue weighted by Crippen LogP contribution is 2.33. The molecular weight excluding hydrogens is 284 g/mol. The molecule has 1 unspecified atom stereocenters. The molecule has 1 aromatic carbocycles. The van der Waals surface area contributed by atoms with E-state index in [-0.39, 0.29) is 13.2 Å². The minimum absolute atomic E-state index is 0.153. The molecule has 0 aliphatic heterocycles. The van der Waals surface area contributed by atoms with Gasteiger partial charge < -0.3 is 20.3 Å². The van der Waals surface area contributed by atoms with E-state index in [2.05, 4.69) is 5.32 Å². The third-order valence-electron chi connectivity index (χ3n) is 3.31. The maximum Gasteiger partial charge on any atom is 0.412 e. The van der Waals surface area contributed by atoms with Crippen LogP contribution in [-0.2, 0) is 10.2 Å². The number of hydrogen-bond donors (Lipinski definition) is 3. The normalized spacial score (nSPS) is 14.1. The van der Waals surface area contributed by atoms with Gasteiger partial charge in [0.2, 0.25) is 0 Å². The van der Waals surface area contributed by atoms with Gasteiger partial charge in [-0.1, -0.05) is 6.92 Å². The average molecular weight is 310 g/mol. The molecule has 0 saturated heterocycles. The topological polar surface area (TPSA) is 93.8 Å². The SMILES string of the molecule is COc1ccc(NC(=O)OC(C)(C)C)c(C(C)(CN)CO)c1. The molecule has 0 fully saturated rings. The highest BCUT2D eigenvalue weighted by molar-refractivity contribution is 5.86. The van der Waals surface area contributed by atoms with E-state index in [0.29, 0.717) is 17.0 Å². The van der Waals surface area contributed by atoms with Crippen LogP contribution in [0.4, 0.5) is 10.5 Å². The van der Waals surface area contributed by atoms with Crippen LogP contribution in [0.5, 0.6) is 5.75 Å². The van der Waals surface area contributed by atoms with Gasteiger partial charge in [0.1, 0.15) is 11.4 Å². The van der Waals surface area contributed by atoms with Crippen molar-refractivity contribution < 1.29 is 19.4 Å². The highest BCUT2D eigenvalue weighted by Gasteiger charge is 2.29. The van der Waals surface area contributed by atoms with Gasteiger partial charge in [-0.25, -0.2) is 4.79 Å². The monoisotopic (exact) mass is 310 g/mol. The van der Waals surface area contributed by atoms with Crippen LogP contribution in [0, 0.1) is 0 Å². The minimum Gasteiger partial charge on any atom is -0.497 e. The fraction of sp³-hybridized carbons (Fsp3) is 0.562. The fourth-order valence-electron chi connectivity index (χ4n) is 1.93. The maximum absolute atomic E-state index is 12.0. The number of aliphatic hydroxyl groups is 1. The lowest BCUT2D eigenvalue weighted by Gasteiger charge is -2.29. The lowest BCUT2D eigenvalue weighted by Crippen LogP contribution is -2.37. The number of benzene rings is 1. The number of carbonyl (C=O) groups excluding carboxylic acids is 1. The lowest BCUT2D eigenvalue weighted by atomic mass is 9.82. The van der Waals surface area contributed by atoms with Crippen molar-refractivity contribution in [3.8, 4) is 5.75 Å². The maximum atomic E-state index is 12.0. The van der Waals surface area contributed by atoms with Crippen molar-refractivity contribution in [3.63, 3.8) is 0 Å². The van der Waals surface area contributed by atoms with Crippen LogP contribution >= 0.6 is 0 Å². The van der Waals surface area contributed by atoms with Crippen molar-refractivity contribution >= 4 is 11.8 Å². The summed E-state index contributed by atoms with van der Waals surface area (Å²) in [5.41, 5.74) is 5.75. The number of amides is 1. The van der Waals surface area contributed by atoms with Crippen molar-refractivity contribution in [2.45, 2.75) is 38.7 Å². The van der Waals surface area contributed by atoms with Crippen LogP contribution in [0.2, 0.25) is 0 Å². The Morgan fingerprint density at radius 2 is 1.95 bits per heavy atom. The summed E-state index contributed by atoms with van der Waals surface area (Å²) in [5.74, 6) is 0.623. The van der Waals surface area contributed by atoms with E-state index in [1.54, 1.807) is 46.1 Å². The van der Waals surface area contributed by atoms with E-state index in [1.807, 2.05) is 6.92 Å². The summed E-state index contributed by atoms with van der Waals surface area (Å²) >= 11 is 0. The van der Waals surface area contributed by atoms with Crippen LogP contribution in [0.3, 0.4) is 0 Å². The Labute approximate surface area is 131 Å². The Hall–Kier alpha value is -1.79. The zero-order valence-corrected chi connectivity index (χ0v) is 13.9. The molecule has 0 saturated carbocycles. The Morgan fingerprint density at radius 1 is 1.32 bits per heavy atom. The Bertz CT molecular complexity index is 519. The van der Waals surface area contributed by atoms with E-state index in [0.717, 1.165) is 0 Å². The number of aliphatic hydroxyl groups excluding tert-OH is 1. The van der Waals surface area contributed by atoms with Crippen molar-refractivity contribution in [2.24, 2.45) is 5.73 Å². The quantitative estimate of drug-likeness (QED) is 0.775. The first-order chi connectivity index (χ1) is 10.1. The van der Waals surface area contributed by atoms with E-state index >= 15 is 0 Å². The summed E-state index contributed by atoms with van der Waals surface area (Å²) < 4.78 is 10.5. The zero-order valence-electron chi connectivity index (χ0n) is 13.9. The molecule has 6 heteroatoms. The average Bonchev–Trinajstić information content (AvgIpc) is 2.44. The van der Waals surface area contributed by atoms with E-state index in [4.69, 9.17) is 15.2 Å². The molecule has 1 amide bonds. The van der Waals surface area contributed by atoms with E-state index < -0.39 is 17.1 Å². The first kappa shape index (κ1) is 18.3. The number of carbonyl (C=O) groups is 1. The number of hydrogen-bond acceptors (Lipinski definition) is 5. The zero-order chi connectivity index (χ0) is 17.0. The summed E-state index contributed by atoms with van der Waals surface area (Å²) in [4.78, 5) is 12.0. The van der Waals surface area contributed by atoms with Gasteiger partial charge in [0.15, 0.2) is 0 Å². The van der Waals surface area contributed by atoms with Crippen molar-refractivity contribution in [1.29, 1.82) is 0 Å². The largest absolute Gasteiger partial charge is 0.497 e. The Morgan fingerprint density at radius 3 is 2.41 bits per heavy atom. The van der Waals surface area contributed by atoms with Gasteiger partial charge in [-0.15, -0.1) is 0 Å². The van der Waals surface area contributed by atoms with Crippen molar-refractivity contribution in [3.05, 3.63) is 23.8 Å². The molecule has 0 radical (unpaired) electrons. The Kier molecular flexibility index (Phi) is 5.79. The standard InChI is InChI=1S/C16H26N2O4/c1-15(2,3)22-14(20)18-13-7-6-11(21-5)8-12(13)16(4,9-17)10-19/h6-8,19H,9-10,17H2,1-5H3,(H,18,20). The molecule has 0 spiro atoms.